The van der Waals surface area contributed by atoms with Crippen LogP contribution < -0.4 is 32.9 Å². The highest BCUT2D eigenvalue weighted by molar-refractivity contribution is 7.95. The molecule has 4 aromatic rings. The third-order valence-corrected chi connectivity index (χ3v) is 9.51. The summed E-state index contributed by atoms with van der Waals surface area (Å²) < 4.78 is 0. The zero-order valence-corrected chi connectivity index (χ0v) is 18.5. The van der Waals surface area contributed by atoms with Gasteiger partial charge >= 0.3 is 0 Å². The van der Waals surface area contributed by atoms with Crippen molar-refractivity contribution >= 4 is 23.2 Å². The molecule has 0 radical (unpaired) electrons. The molecule has 0 atom stereocenters. The van der Waals surface area contributed by atoms with Crippen molar-refractivity contribution in [3.63, 3.8) is 0 Å². The number of aryl methyl sites for hydroxylation is 1. The molecule has 0 fully saturated rings. The van der Waals surface area contributed by atoms with Crippen LogP contribution in [0.4, 0.5) is 0 Å². The molecule has 0 aliphatic rings. The van der Waals surface area contributed by atoms with E-state index >= 15 is 0 Å². The van der Waals surface area contributed by atoms with E-state index in [1.807, 2.05) is 0 Å². The molecule has 0 heterocycles. The largest absolute Gasteiger partial charge is 1.00 e. The molecular weight excluding hydrogens is 423 g/mol. The molecule has 4 aromatic carbocycles. The minimum Gasteiger partial charge on any atom is -1.00 e. The Morgan fingerprint density at radius 3 is 1.21 bits per heavy atom. The van der Waals surface area contributed by atoms with E-state index < -0.39 is 7.26 Å². The van der Waals surface area contributed by atoms with E-state index in [9.17, 15) is 0 Å². The summed E-state index contributed by atoms with van der Waals surface area (Å²) in [6.45, 7) is 2.15. The van der Waals surface area contributed by atoms with Crippen molar-refractivity contribution in [2.75, 3.05) is 0 Å². The van der Waals surface area contributed by atoms with Crippen molar-refractivity contribution in [3.05, 3.63) is 126 Å². The first-order valence-corrected chi connectivity index (χ1v) is 11.4. The summed E-state index contributed by atoms with van der Waals surface area (Å²) in [7, 11) is -1.79. The van der Waals surface area contributed by atoms with Crippen molar-refractivity contribution in [2.45, 2.75) is 13.1 Å². The lowest BCUT2D eigenvalue weighted by Gasteiger charge is -2.27. The minimum absolute atomic E-state index is 0. The fourth-order valence-electron chi connectivity index (χ4n) is 3.74. The Morgan fingerprint density at radius 2 is 0.857 bits per heavy atom. The van der Waals surface area contributed by atoms with Gasteiger partial charge in [0.1, 0.15) is 23.2 Å². The van der Waals surface area contributed by atoms with Crippen LogP contribution >= 0.6 is 7.26 Å². The lowest BCUT2D eigenvalue weighted by atomic mass is 10.2. The first kappa shape index (κ1) is 20.5. The Labute approximate surface area is 179 Å². The number of rotatable bonds is 5. The van der Waals surface area contributed by atoms with Gasteiger partial charge in [0.15, 0.2) is 0 Å². The fourth-order valence-corrected chi connectivity index (χ4v) is 7.98. The molecule has 140 valence electrons. The van der Waals surface area contributed by atoms with Crippen LogP contribution in [0.5, 0.6) is 0 Å². The predicted octanol–water partition coefficient (Wildman–Crippen LogP) is 2.49. The van der Waals surface area contributed by atoms with Gasteiger partial charge in [-0.2, -0.15) is 0 Å². The summed E-state index contributed by atoms with van der Waals surface area (Å²) in [6, 6.07) is 42.2. The Kier molecular flexibility index (Phi) is 6.83. The van der Waals surface area contributed by atoms with E-state index in [1.165, 1.54) is 27.0 Å². The molecule has 0 saturated heterocycles. The first-order chi connectivity index (χ1) is 13.3. The van der Waals surface area contributed by atoms with Gasteiger partial charge in [-0.25, -0.2) is 0 Å². The van der Waals surface area contributed by atoms with Crippen LogP contribution in [0.25, 0.3) is 0 Å². The zero-order chi connectivity index (χ0) is 18.5. The summed E-state index contributed by atoms with van der Waals surface area (Å²) in [5, 5.41) is 4.30. The van der Waals surface area contributed by atoms with Crippen LogP contribution in [0.3, 0.4) is 0 Å². The lowest BCUT2D eigenvalue weighted by Crippen LogP contribution is -3.00. The normalized spacial score (nSPS) is 10.9. The van der Waals surface area contributed by atoms with Gasteiger partial charge in [-0.05, 0) is 48.9 Å². The van der Waals surface area contributed by atoms with E-state index in [1.54, 1.807) is 0 Å². The van der Waals surface area contributed by atoms with Gasteiger partial charge in [0.05, 0.1) is 6.16 Å². The standard InChI is InChI=1S/C26H24P.BrH/c1-22-17-19-23(20-18-22)21-27(24-11-5-2-6-12-24,25-13-7-3-8-14-25)26-15-9-4-10-16-26;/h2-20H,21H2,1H3;1H/q+1;/p-1. The quantitative estimate of drug-likeness (QED) is 0.413. The van der Waals surface area contributed by atoms with Crippen molar-refractivity contribution in [1.29, 1.82) is 0 Å². The summed E-state index contributed by atoms with van der Waals surface area (Å²) >= 11 is 0. The van der Waals surface area contributed by atoms with E-state index in [-0.39, 0.29) is 17.0 Å². The Hall–Kier alpha value is -2.21. The molecule has 0 nitrogen and oxygen atoms in total. The number of benzene rings is 4. The van der Waals surface area contributed by atoms with Crippen molar-refractivity contribution in [2.24, 2.45) is 0 Å². The Balaban J connectivity index is 0.00000225. The Bertz CT molecular complexity index is 884. The molecule has 0 bridgehead atoms. The van der Waals surface area contributed by atoms with Crippen LogP contribution in [0.1, 0.15) is 11.1 Å². The van der Waals surface area contributed by atoms with E-state index in [2.05, 4.69) is 122 Å². The highest BCUT2D eigenvalue weighted by atomic mass is 79.9. The molecule has 28 heavy (non-hydrogen) atoms. The van der Waals surface area contributed by atoms with E-state index in [4.69, 9.17) is 0 Å². The molecule has 0 spiro atoms. The van der Waals surface area contributed by atoms with Crippen molar-refractivity contribution in [1.82, 2.24) is 0 Å². The maximum atomic E-state index is 2.31. The third-order valence-electron chi connectivity index (χ3n) is 5.13. The Morgan fingerprint density at radius 1 is 0.500 bits per heavy atom. The highest BCUT2D eigenvalue weighted by Gasteiger charge is 2.45. The smallest absolute Gasteiger partial charge is 0.116 e. The average Bonchev–Trinajstić information content (AvgIpc) is 2.75. The maximum absolute atomic E-state index is 2.31. The molecule has 0 amide bonds. The molecule has 0 unspecified atom stereocenters. The summed E-state index contributed by atoms with van der Waals surface area (Å²) in [6.07, 6.45) is 1.03. The number of hydrogen-bond acceptors (Lipinski definition) is 0. The van der Waals surface area contributed by atoms with Crippen LogP contribution in [-0.2, 0) is 6.16 Å². The predicted molar refractivity (Wildman–Crippen MR) is 120 cm³/mol. The van der Waals surface area contributed by atoms with Gasteiger partial charge in [-0.3, -0.25) is 0 Å². The van der Waals surface area contributed by atoms with Gasteiger partial charge in [0.25, 0.3) is 0 Å². The highest BCUT2D eigenvalue weighted by Crippen LogP contribution is 2.58. The molecule has 0 N–H and O–H groups in total. The third kappa shape index (κ3) is 4.12. The molecule has 0 saturated carbocycles. The van der Waals surface area contributed by atoms with Gasteiger partial charge in [-0.1, -0.05) is 84.4 Å². The van der Waals surface area contributed by atoms with Gasteiger partial charge in [0.2, 0.25) is 0 Å². The molecule has 0 aliphatic heterocycles. The number of hydrogen-bond donors (Lipinski definition) is 0. The number of halogens is 1. The van der Waals surface area contributed by atoms with Crippen LogP contribution in [0.2, 0.25) is 0 Å². The lowest BCUT2D eigenvalue weighted by molar-refractivity contribution is -0.00000532. The van der Waals surface area contributed by atoms with Gasteiger partial charge in [0, 0.05) is 0 Å². The average molecular weight is 447 g/mol. The maximum Gasteiger partial charge on any atom is 0.116 e. The second-order valence-corrected chi connectivity index (χ2v) is 10.4. The second-order valence-electron chi connectivity index (χ2n) is 6.96. The minimum atomic E-state index is -1.79. The molecule has 4 rings (SSSR count). The van der Waals surface area contributed by atoms with Crippen LogP contribution in [0, 0.1) is 6.92 Å². The van der Waals surface area contributed by atoms with E-state index in [0.717, 1.165) is 6.16 Å². The van der Waals surface area contributed by atoms with Crippen molar-refractivity contribution in [3.8, 4) is 0 Å². The van der Waals surface area contributed by atoms with Gasteiger partial charge < -0.3 is 17.0 Å². The summed E-state index contributed by atoms with van der Waals surface area (Å²) in [5.74, 6) is 0. The molecule has 0 aromatic heterocycles. The monoisotopic (exact) mass is 446 g/mol. The van der Waals surface area contributed by atoms with E-state index in [0.29, 0.717) is 0 Å². The molecular formula is C26H24BrP. The topological polar surface area (TPSA) is 0 Å². The van der Waals surface area contributed by atoms with Crippen molar-refractivity contribution < 1.29 is 17.0 Å². The second kappa shape index (κ2) is 9.32. The summed E-state index contributed by atoms with van der Waals surface area (Å²) in [5.41, 5.74) is 2.70. The van der Waals surface area contributed by atoms with Crippen LogP contribution in [-0.4, -0.2) is 0 Å². The first-order valence-electron chi connectivity index (χ1n) is 9.39. The summed E-state index contributed by atoms with van der Waals surface area (Å²) in [4.78, 5) is 0. The fraction of sp³-hybridized carbons (Fsp3) is 0.0769. The van der Waals surface area contributed by atoms with Crippen LogP contribution in [0.15, 0.2) is 115 Å². The zero-order valence-electron chi connectivity index (χ0n) is 16.0. The molecule has 0 aliphatic carbocycles. The molecule has 2 heteroatoms. The van der Waals surface area contributed by atoms with Gasteiger partial charge in [-0.15, -0.1) is 0 Å². The SMILES string of the molecule is Cc1ccc(C[P+](c2ccccc2)(c2ccccc2)c2ccccc2)cc1.[Br-].